The molecule has 1 unspecified atom stereocenters. The Kier molecular flexibility index (Phi) is 5.05. The van der Waals surface area contributed by atoms with Gasteiger partial charge in [0.25, 0.3) is 0 Å². The smallest absolute Gasteiger partial charge is 0.244 e. The van der Waals surface area contributed by atoms with Gasteiger partial charge in [0.15, 0.2) is 0 Å². The lowest BCUT2D eigenvalue weighted by Crippen LogP contribution is -2.52. The van der Waals surface area contributed by atoms with Gasteiger partial charge in [0, 0.05) is 19.9 Å². The summed E-state index contributed by atoms with van der Waals surface area (Å²) < 4.78 is 32.4. The van der Waals surface area contributed by atoms with Crippen molar-refractivity contribution >= 4 is 27.4 Å². The van der Waals surface area contributed by atoms with Crippen LogP contribution in [-0.4, -0.2) is 45.7 Å². The monoisotopic (exact) mass is 334 g/mol. The first-order valence-electron chi connectivity index (χ1n) is 6.53. The zero-order chi connectivity index (χ0) is 15.5. The van der Waals surface area contributed by atoms with E-state index in [4.69, 9.17) is 22.1 Å². The summed E-state index contributed by atoms with van der Waals surface area (Å²) in [5.41, 5.74) is 5.24. The van der Waals surface area contributed by atoms with Gasteiger partial charge in [0.2, 0.25) is 10.0 Å². The standard InChI is InChI=1S/C12H19ClN4O3S/c1-20-8-12(3-2-4-16-12)7-17-21(18,19)10-5-9(13)6-15-11(10)14/h5-6,16-17H,2-4,7-8H2,1H3,(H2,14,15). The van der Waals surface area contributed by atoms with Gasteiger partial charge in [-0.1, -0.05) is 11.6 Å². The molecule has 1 aromatic heterocycles. The lowest BCUT2D eigenvalue weighted by atomic mass is 9.99. The van der Waals surface area contributed by atoms with Crippen LogP contribution in [0.2, 0.25) is 5.02 Å². The number of hydrogen-bond donors (Lipinski definition) is 3. The molecule has 0 radical (unpaired) electrons. The van der Waals surface area contributed by atoms with Gasteiger partial charge in [0.1, 0.15) is 10.7 Å². The van der Waals surface area contributed by atoms with Crippen molar-refractivity contribution in [2.45, 2.75) is 23.3 Å². The molecule has 1 aliphatic heterocycles. The second kappa shape index (κ2) is 6.45. The lowest BCUT2D eigenvalue weighted by Gasteiger charge is -2.28. The summed E-state index contributed by atoms with van der Waals surface area (Å²) in [6, 6.07) is 1.29. The largest absolute Gasteiger partial charge is 0.383 e. The highest BCUT2D eigenvalue weighted by Gasteiger charge is 2.35. The third kappa shape index (κ3) is 3.83. The van der Waals surface area contributed by atoms with E-state index in [-0.39, 0.29) is 27.8 Å². The average Bonchev–Trinajstić information content (AvgIpc) is 2.89. The first-order chi connectivity index (χ1) is 9.88. The zero-order valence-electron chi connectivity index (χ0n) is 11.7. The molecular formula is C12H19ClN4O3S. The van der Waals surface area contributed by atoms with Crippen LogP contribution in [0.5, 0.6) is 0 Å². The molecule has 0 aromatic carbocycles. The van der Waals surface area contributed by atoms with Gasteiger partial charge >= 0.3 is 0 Å². The fourth-order valence-electron chi connectivity index (χ4n) is 2.43. The van der Waals surface area contributed by atoms with Gasteiger partial charge in [0.05, 0.1) is 17.2 Å². The lowest BCUT2D eigenvalue weighted by molar-refractivity contribution is 0.122. The first-order valence-corrected chi connectivity index (χ1v) is 8.39. The van der Waals surface area contributed by atoms with Crippen molar-refractivity contribution in [2.24, 2.45) is 0 Å². The Bertz CT molecular complexity index is 603. The molecule has 0 bridgehead atoms. The van der Waals surface area contributed by atoms with E-state index in [0.29, 0.717) is 6.61 Å². The highest BCUT2D eigenvalue weighted by atomic mass is 35.5. The minimum atomic E-state index is -3.77. The van der Waals surface area contributed by atoms with Crippen LogP contribution < -0.4 is 15.8 Å². The Labute approximate surface area is 129 Å². The van der Waals surface area contributed by atoms with Crippen LogP contribution in [0.15, 0.2) is 17.2 Å². The van der Waals surface area contributed by atoms with Crippen molar-refractivity contribution < 1.29 is 13.2 Å². The summed E-state index contributed by atoms with van der Waals surface area (Å²) >= 11 is 5.78. The number of nitrogen functional groups attached to an aromatic ring is 1. The molecule has 2 heterocycles. The SMILES string of the molecule is COCC1(CNS(=O)(=O)c2cc(Cl)cnc2N)CCCN1. The number of nitrogens with two attached hydrogens (primary N) is 1. The maximum absolute atomic E-state index is 12.4. The normalized spacial score (nSPS) is 22.6. The number of rotatable bonds is 6. The van der Waals surface area contributed by atoms with Crippen molar-refractivity contribution in [3.8, 4) is 0 Å². The fourth-order valence-corrected chi connectivity index (χ4v) is 3.88. The number of hydrogen-bond acceptors (Lipinski definition) is 6. The second-order valence-electron chi connectivity index (χ2n) is 5.11. The van der Waals surface area contributed by atoms with Crippen molar-refractivity contribution in [3.05, 3.63) is 17.3 Å². The molecule has 4 N–H and O–H groups in total. The predicted octanol–water partition coefficient (Wildman–Crippen LogP) is 0.364. The Hall–Kier alpha value is -0.930. The molecule has 1 fully saturated rings. The number of nitrogens with zero attached hydrogens (tertiary/aromatic N) is 1. The third-order valence-corrected chi connectivity index (χ3v) is 5.13. The summed E-state index contributed by atoms with van der Waals surface area (Å²) in [4.78, 5) is 3.65. The van der Waals surface area contributed by atoms with Crippen LogP contribution >= 0.6 is 11.6 Å². The summed E-state index contributed by atoms with van der Waals surface area (Å²) in [5.74, 6) is -0.0768. The van der Waals surface area contributed by atoms with Gasteiger partial charge in [-0.3, -0.25) is 0 Å². The van der Waals surface area contributed by atoms with Crippen molar-refractivity contribution in [2.75, 3.05) is 32.5 Å². The molecule has 2 rings (SSSR count). The van der Waals surface area contributed by atoms with Crippen LogP contribution in [0.1, 0.15) is 12.8 Å². The molecule has 1 atom stereocenters. The Balaban J connectivity index is 2.15. The van der Waals surface area contributed by atoms with E-state index in [9.17, 15) is 8.42 Å². The van der Waals surface area contributed by atoms with Crippen LogP contribution in [0.25, 0.3) is 0 Å². The Morgan fingerprint density at radius 3 is 3.00 bits per heavy atom. The van der Waals surface area contributed by atoms with E-state index in [0.717, 1.165) is 19.4 Å². The van der Waals surface area contributed by atoms with Crippen molar-refractivity contribution in [1.82, 2.24) is 15.0 Å². The Morgan fingerprint density at radius 2 is 2.38 bits per heavy atom. The van der Waals surface area contributed by atoms with Crippen LogP contribution in [0.4, 0.5) is 5.82 Å². The fraction of sp³-hybridized carbons (Fsp3) is 0.583. The number of sulfonamides is 1. The molecule has 1 saturated heterocycles. The zero-order valence-corrected chi connectivity index (χ0v) is 13.3. The van der Waals surface area contributed by atoms with Gasteiger partial charge in [-0.25, -0.2) is 18.1 Å². The number of methoxy groups -OCH3 is 1. The van der Waals surface area contributed by atoms with Gasteiger partial charge in [-0.15, -0.1) is 0 Å². The van der Waals surface area contributed by atoms with Gasteiger partial charge < -0.3 is 15.8 Å². The molecule has 118 valence electrons. The minimum Gasteiger partial charge on any atom is -0.383 e. The molecule has 0 aliphatic carbocycles. The Morgan fingerprint density at radius 1 is 1.62 bits per heavy atom. The first kappa shape index (κ1) is 16.4. The maximum atomic E-state index is 12.4. The van der Waals surface area contributed by atoms with E-state index in [1.807, 2.05) is 0 Å². The third-order valence-electron chi connectivity index (χ3n) is 3.49. The number of ether oxygens (including phenoxy) is 1. The van der Waals surface area contributed by atoms with Crippen LogP contribution in [-0.2, 0) is 14.8 Å². The molecule has 9 heteroatoms. The quantitative estimate of drug-likeness (QED) is 0.693. The highest BCUT2D eigenvalue weighted by Crippen LogP contribution is 2.22. The molecule has 1 aromatic rings. The molecule has 7 nitrogen and oxygen atoms in total. The number of halogens is 1. The summed E-state index contributed by atoms with van der Waals surface area (Å²) in [6.07, 6.45) is 3.12. The predicted molar refractivity (Wildman–Crippen MR) is 80.7 cm³/mol. The van der Waals surface area contributed by atoms with E-state index >= 15 is 0 Å². The minimum absolute atomic E-state index is 0.0768. The highest BCUT2D eigenvalue weighted by molar-refractivity contribution is 7.89. The topological polar surface area (TPSA) is 106 Å². The second-order valence-corrected chi connectivity index (χ2v) is 7.28. The van der Waals surface area contributed by atoms with Crippen molar-refractivity contribution in [3.63, 3.8) is 0 Å². The number of nitrogens with one attached hydrogen (secondary N) is 2. The van der Waals surface area contributed by atoms with E-state index in [1.165, 1.54) is 12.3 Å². The summed E-state index contributed by atoms with van der Waals surface area (Å²) in [6.45, 7) is 1.49. The maximum Gasteiger partial charge on any atom is 0.244 e. The van der Waals surface area contributed by atoms with Crippen LogP contribution in [0, 0.1) is 0 Å². The summed E-state index contributed by atoms with van der Waals surface area (Å²) in [5, 5.41) is 3.51. The van der Waals surface area contributed by atoms with Gasteiger partial charge in [-0.2, -0.15) is 0 Å². The molecule has 0 spiro atoms. The van der Waals surface area contributed by atoms with Gasteiger partial charge in [-0.05, 0) is 25.5 Å². The van der Waals surface area contributed by atoms with Crippen LogP contribution in [0.3, 0.4) is 0 Å². The average molecular weight is 335 g/mol. The van der Waals surface area contributed by atoms with E-state index < -0.39 is 10.0 Å². The number of pyridine rings is 1. The molecule has 21 heavy (non-hydrogen) atoms. The van der Waals surface area contributed by atoms with E-state index in [2.05, 4.69) is 15.0 Å². The number of aromatic nitrogens is 1. The van der Waals surface area contributed by atoms with E-state index in [1.54, 1.807) is 7.11 Å². The molecule has 1 aliphatic rings. The summed E-state index contributed by atoms with van der Waals surface area (Å²) in [7, 11) is -2.18. The molecule has 0 saturated carbocycles. The molecular weight excluding hydrogens is 316 g/mol. The number of anilines is 1. The molecule has 0 amide bonds. The van der Waals surface area contributed by atoms with Crippen molar-refractivity contribution in [1.29, 1.82) is 0 Å².